The Labute approximate surface area is 95.2 Å². The number of nitrogens with zero attached hydrogens (tertiary/aromatic N) is 2. The van der Waals surface area contributed by atoms with Crippen molar-refractivity contribution in [3.63, 3.8) is 0 Å². The van der Waals surface area contributed by atoms with Crippen LogP contribution in [0.2, 0.25) is 5.15 Å². The van der Waals surface area contributed by atoms with Gasteiger partial charge in [-0.15, -0.1) is 10.2 Å². The Kier molecular flexibility index (Phi) is 3.41. The summed E-state index contributed by atoms with van der Waals surface area (Å²) in [7, 11) is 0. The first-order valence-electron chi connectivity index (χ1n) is 5.50. The van der Waals surface area contributed by atoms with Crippen LogP contribution in [0.1, 0.15) is 32.6 Å². The molecule has 0 unspecified atom stereocenters. The van der Waals surface area contributed by atoms with Gasteiger partial charge < -0.3 is 5.32 Å². The Bertz CT molecular complexity index is 304. The summed E-state index contributed by atoms with van der Waals surface area (Å²) in [6.07, 6.45) is 5.06. The lowest BCUT2D eigenvalue weighted by Gasteiger charge is -2.27. The largest absolute Gasteiger partial charge is 0.366 e. The monoisotopic (exact) mass is 225 g/mol. The molecule has 4 heteroatoms. The number of rotatable bonds is 2. The summed E-state index contributed by atoms with van der Waals surface area (Å²) in [6.45, 7) is 2.32. The van der Waals surface area contributed by atoms with Crippen molar-refractivity contribution in [1.82, 2.24) is 10.2 Å². The highest BCUT2D eigenvalue weighted by Crippen LogP contribution is 2.25. The zero-order valence-corrected chi connectivity index (χ0v) is 9.67. The molecule has 15 heavy (non-hydrogen) atoms. The lowest BCUT2D eigenvalue weighted by molar-refractivity contribution is 0.360. The second kappa shape index (κ2) is 4.79. The van der Waals surface area contributed by atoms with Crippen LogP contribution in [0.5, 0.6) is 0 Å². The second-order valence-corrected chi connectivity index (χ2v) is 4.73. The molecule has 0 saturated heterocycles. The van der Waals surface area contributed by atoms with Crippen LogP contribution in [-0.2, 0) is 0 Å². The molecule has 0 atom stereocenters. The molecule has 1 aliphatic carbocycles. The average Bonchev–Trinajstić information content (AvgIpc) is 2.25. The van der Waals surface area contributed by atoms with Gasteiger partial charge in [0.2, 0.25) is 0 Å². The molecule has 0 aromatic carbocycles. The van der Waals surface area contributed by atoms with Gasteiger partial charge in [-0.3, -0.25) is 0 Å². The van der Waals surface area contributed by atoms with E-state index in [0.717, 1.165) is 11.7 Å². The molecule has 0 bridgehead atoms. The van der Waals surface area contributed by atoms with Crippen molar-refractivity contribution in [3.8, 4) is 0 Å². The molecule has 1 aromatic heterocycles. The van der Waals surface area contributed by atoms with Crippen molar-refractivity contribution in [2.45, 2.75) is 38.6 Å². The molecular formula is C11H16ClN3. The molecular weight excluding hydrogens is 210 g/mol. The molecule has 2 rings (SSSR count). The maximum absolute atomic E-state index is 5.67. The zero-order valence-electron chi connectivity index (χ0n) is 8.91. The van der Waals surface area contributed by atoms with Crippen LogP contribution < -0.4 is 5.32 Å². The standard InChI is InChI=1S/C11H16ClN3/c1-8-2-4-9(5-3-8)13-11-7-6-10(12)14-15-11/h6-9H,2-5H2,1H3,(H,13,15). The number of hydrogen-bond acceptors (Lipinski definition) is 3. The highest BCUT2D eigenvalue weighted by atomic mass is 35.5. The Morgan fingerprint density at radius 2 is 1.93 bits per heavy atom. The van der Waals surface area contributed by atoms with Gasteiger partial charge >= 0.3 is 0 Å². The van der Waals surface area contributed by atoms with Gasteiger partial charge in [-0.25, -0.2) is 0 Å². The average molecular weight is 226 g/mol. The second-order valence-electron chi connectivity index (χ2n) is 4.34. The molecule has 1 aromatic rings. The minimum Gasteiger partial charge on any atom is -0.366 e. The summed E-state index contributed by atoms with van der Waals surface area (Å²) in [6, 6.07) is 4.20. The van der Waals surface area contributed by atoms with E-state index in [9.17, 15) is 0 Å². The van der Waals surface area contributed by atoms with Gasteiger partial charge in [0.05, 0.1) is 0 Å². The molecule has 0 spiro atoms. The first-order chi connectivity index (χ1) is 7.24. The van der Waals surface area contributed by atoms with Crippen LogP contribution >= 0.6 is 11.6 Å². The molecule has 1 N–H and O–H groups in total. The Morgan fingerprint density at radius 1 is 1.20 bits per heavy atom. The molecule has 82 valence electrons. The quantitative estimate of drug-likeness (QED) is 0.841. The third kappa shape index (κ3) is 3.06. The van der Waals surface area contributed by atoms with Crippen molar-refractivity contribution in [2.24, 2.45) is 5.92 Å². The fourth-order valence-corrected chi connectivity index (χ4v) is 2.11. The number of nitrogens with one attached hydrogen (secondary N) is 1. The zero-order chi connectivity index (χ0) is 10.7. The number of halogens is 1. The van der Waals surface area contributed by atoms with Crippen molar-refractivity contribution in [1.29, 1.82) is 0 Å². The third-order valence-electron chi connectivity index (χ3n) is 3.00. The molecule has 0 aliphatic heterocycles. The van der Waals surface area contributed by atoms with Crippen LogP contribution in [0, 0.1) is 5.92 Å². The molecule has 0 radical (unpaired) electrons. The SMILES string of the molecule is CC1CCC(Nc2ccc(Cl)nn2)CC1. The van der Waals surface area contributed by atoms with Crippen molar-refractivity contribution >= 4 is 17.4 Å². The van der Waals surface area contributed by atoms with E-state index in [2.05, 4.69) is 22.4 Å². The number of hydrogen-bond donors (Lipinski definition) is 1. The van der Waals surface area contributed by atoms with Gasteiger partial charge in [0.25, 0.3) is 0 Å². The molecule has 1 heterocycles. The van der Waals surface area contributed by atoms with E-state index >= 15 is 0 Å². The minimum absolute atomic E-state index is 0.442. The van der Waals surface area contributed by atoms with Crippen molar-refractivity contribution in [3.05, 3.63) is 17.3 Å². The normalized spacial score (nSPS) is 26.3. The fraction of sp³-hybridized carbons (Fsp3) is 0.636. The Morgan fingerprint density at radius 3 is 2.53 bits per heavy atom. The minimum atomic E-state index is 0.442. The maximum atomic E-state index is 5.67. The lowest BCUT2D eigenvalue weighted by atomic mass is 9.87. The summed E-state index contributed by atoms with van der Waals surface area (Å²) < 4.78 is 0. The first kappa shape index (κ1) is 10.7. The van der Waals surface area contributed by atoms with Crippen LogP contribution in [0.25, 0.3) is 0 Å². The maximum Gasteiger partial charge on any atom is 0.151 e. The summed E-state index contributed by atoms with van der Waals surface area (Å²) >= 11 is 5.67. The summed E-state index contributed by atoms with van der Waals surface area (Å²) in [4.78, 5) is 0. The summed E-state index contributed by atoms with van der Waals surface area (Å²) in [5.41, 5.74) is 0. The van der Waals surface area contributed by atoms with E-state index in [0.29, 0.717) is 11.2 Å². The Hall–Kier alpha value is -0.830. The predicted molar refractivity (Wildman–Crippen MR) is 62.1 cm³/mol. The Balaban J connectivity index is 1.89. The van der Waals surface area contributed by atoms with Crippen molar-refractivity contribution < 1.29 is 0 Å². The lowest BCUT2D eigenvalue weighted by Crippen LogP contribution is -2.25. The van der Waals surface area contributed by atoms with Gasteiger partial charge in [0, 0.05) is 6.04 Å². The van der Waals surface area contributed by atoms with Gasteiger partial charge in [0.15, 0.2) is 5.15 Å². The molecule has 1 saturated carbocycles. The van der Waals surface area contributed by atoms with E-state index in [4.69, 9.17) is 11.6 Å². The van der Waals surface area contributed by atoms with Gasteiger partial charge in [-0.05, 0) is 43.7 Å². The van der Waals surface area contributed by atoms with Crippen LogP contribution in [-0.4, -0.2) is 16.2 Å². The third-order valence-corrected chi connectivity index (χ3v) is 3.20. The summed E-state index contributed by atoms with van der Waals surface area (Å²) in [5.74, 6) is 1.71. The molecule has 3 nitrogen and oxygen atoms in total. The number of anilines is 1. The van der Waals surface area contributed by atoms with E-state index in [1.807, 2.05) is 6.07 Å². The highest BCUT2D eigenvalue weighted by molar-refractivity contribution is 6.29. The topological polar surface area (TPSA) is 37.8 Å². The smallest absolute Gasteiger partial charge is 0.151 e. The number of aromatic nitrogens is 2. The highest BCUT2D eigenvalue weighted by Gasteiger charge is 2.18. The van der Waals surface area contributed by atoms with E-state index < -0.39 is 0 Å². The molecule has 0 amide bonds. The van der Waals surface area contributed by atoms with Crippen molar-refractivity contribution in [2.75, 3.05) is 5.32 Å². The fourth-order valence-electron chi connectivity index (χ4n) is 2.01. The summed E-state index contributed by atoms with van der Waals surface area (Å²) in [5, 5.41) is 11.6. The van der Waals surface area contributed by atoms with Crippen LogP contribution in [0.4, 0.5) is 5.82 Å². The van der Waals surface area contributed by atoms with E-state index in [1.165, 1.54) is 25.7 Å². The predicted octanol–water partition coefficient (Wildman–Crippen LogP) is 3.12. The van der Waals surface area contributed by atoms with E-state index in [-0.39, 0.29) is 0 Å². The van der Waals surface area contributed by atoms with Crippen LogP contribution in [0.3, 0.4) is 0 Å². The first-order valence-corrected chi connectivity index (χ1v) is 5.87. The van der Waals surface area contributed by atoms with Gasteiger partial charge in [0.1, 0.15) is 5.82 Å². The molecule has 1 aliphatic rings. The van der Waals surface area contributed by atoms with Gasteiger partial charge in [-0.2, -0.15) is 0 Å². The van der Waals surface area contributed by atoms with Gasteiger partial charge in [-0.1, -0.05) is 18.5 Å². The van der Waals surface area contributed by atoms with E-state index in [1.54, 1.807) is 6.07 Å². The van der Waals surface area contributed by atoms with Crippen LogP contribution in [0.15, 0.2) is 12.1 Å². The molecule has 1 fully saturated rings.